The maximum absolute atomic E-state index is 5.71. The lowest BCUT2D eigenvalue weighted by molar-refractivity contribution is -0.0541. The van der Waals surface area contributed by atoms with Crippen LogP contribution < -0.4 is 4.90 Å². The quantitative estimate of drug-likeness (QED) is 0.829. The van der Waals surface area contributed by atoms with E-state index in [0.29, 0.717) is 0 Å². The lowest BCUT2D eigenvalue weighted by atomic mass is 9.62. The lowest BCUT2D eigenvalue weighted by Gasteiger charge is -2.54. The lowest BCUT2D eigenvalue weighted by Crippen LogP contribution is -2.57. The van der Waals surface area contributed by atoms with Crippen molar-refractivity contribution in [3.05, 3.63) is 18.5 Å². The molecule has 0 N–H and O–H groups in total. The number of methoxy groups -OCH3 is 1. The van der Waals surface area contributed by atoms with Gasteiger partial charge in [0.25, 0.3) is 0 Å². The molecular formula is C19H30N4O2. The Bertz CT molecular complexity index is 552. The van der Waals surface area contributed by atoms with Gasteiger partial charge in [-0.25, -0.2) is 9.97 Å². The molecule has 25 heavy (non-hydrogen) atoms. The van der Waals surface area contributed by atoms with Crippen molar-refractivity contribution in [1.29, 1.82) is 0 Å². The molecular weight excluding hydrogens is 316 g/mol. The molecule has 0 spiro atoms. The minimum Gasteiger partial charge on any atom is -0.384 e. The highest BCUT2D eigenvalue weighted by atomic mass is 16.5. The first-order valence-corrected chi connectivity index (χ1v) is 9.63. The number of nitrogens with zero attached hydrogens (tertiary/aromatic N) is 4. The summed E-state index contributed by atoms with van der Waals surface area (Å²) < 4.78 is 11.2. The van der Waals surface area contributed by atoms with E-state index in [2.05, 4.69) is 19.8 Å². The zero-order chi connectivity index (χ0) is 17.1. The second-order valence-electron chi connectivity index (χ2n) is 7.83. The largest absolute Gasteiger partial charge is 0.384 e. The van der Waals surface area contributed by atoms with Crippen molar-refractivity contribution in [1.82, 2.24) is 14.9 Å². The molecule has 6 nitrogen and oxygen atoms in total. The normalized spacial score (nSPS) is 33.9. The second kappa shape index (κ2) is 7.56. The average Bonchev–Trinajstić information content (AvgIpc) is 2.69. The fourth-order valence-electron chi connectivity index (χ4n) is 5.18. The van der Waals surface area contributed by atoms with Crippen LogP contribution in [0.4, 0.5) is 5.95 Å². The van der Waals surface area contributed by atoms with Crippen molar-refractivity contribution in [2.75, 3.05) is 58.0 Å². The molecule has 3 atom stereocenters. The van der Waals surface area contributed by atoms with Crippen LogP contribution in [0.1, 0.15) is 25.7 Å². The van der Waals surface area contributed by atoms with Crippen LogP contribution in [0.15, 0.2) is 18.5 Å². The number of anilines is 1. The highest BCUT2D eigenvalue weighted by Crippen LogP contribution is 2.48. The van der Waals surface area contributed by atoms with Crippen LogP contribution in [0, 0.1) is 11.3 Å². The van der Waals surface area contributed by atoms with Gasteiger partial charge in [0.05, 0.1) is 19.8 Å². The summed E-state index contributed by atoms with van der Waals surface area (Å²) in [4.78, 5) is 14.0. The molecule has 0 aromatic carbocycles. The Balaban J connectivity index is 1.48. The Morgan fingerprint density at radius 2 is 2.00 bits per heavy atom. The van der Waals surface area contributed by atoms with Crippen LogP contribution in [0.2, 0.25) is 0 Å². The van der Waals surface area contributed by atoms with Gasteiger partial charge in [-0.15, -0.1) is 0 Å². The van der Waals surface area contributed by atoms with Crippen molar-refractivity contribution >= 4 is 5.95 Å². The van der Waals surface area contributed by atoms with Gasteiger partial charge in [0, 0.05) is 57.1 Å². The Labute approximate surface area is 150 Å². The van der Waals surface area contributed by atoms with Crippen molar-refractivity contribution in [3.63, 3.8) is 0 Å². The Hall–Kier alpha value is -1.24. The molecule has 0 radical (unpaired) electrons. The zero-order valence-electron chi connectivity index (χ0n) is 15.3. The molecule has 6 heteroatoms. The number of rotatable bonds is 4. The fraction of sp³-hybridized carbons (Fsp3) is 0.789. The molecule has 0 unspecified atom stereocenters. The van der Waals surface area contributed by atoms with Gasteiger partial charge >= 0.3 is 0 Å². The molecule has 1 aromatic rings. The topological polar surface area (TPSA) is 50.7 Å². The summed E-state index contributed by atoms with van der Waals surface area (Å²) in [6.45, 7) is 6.89. The van der Waals surface area contributed by atoms with Gasteiger partial charge in [0.15, 0.2) is 0 Å². The molecule has 2 aliphatic heterocycles. The Kier molecular flexibility index (Phi) is 5.20. The number of piperidine rings is 1. The monoisotopic (exact) mass is 346 g/mol. The van der Waals surface area contributed by atoms with Crippen molar-refractivity contribution in [2.45, 2.75) is 31.7 Å². The third kappa shape index (κ3) is 3.52. The molecule has 3 fully saturated rings. The van der Waals surface area contributed by atoms with Crippen LogP contribution in [-0.2, 0) is 9.47 Å². The van der Waals surface area contributed by atoms with E-state index in [-0.39, 0.29) is 5.41 Å². The van der Waals surface area contributed by atoms with Gasteiger partial charge < -0.3 is 14.4 Å². The van der Waals surface area contributed by atoms with E-state index in [1.165, 1.54) is 25.7 Å². The number of hydrogen-bond donors (Lipinski definition) is 0. The predicted molar refractivity (Wildman–Crippen MR) is 96.7 cm³/mol. The summed E-state index contributed by atoms with van der Waals surface area (Å²) >= 11 is 0. The number of hydrogen-bond acceptors (Lipinski definition) is 6. The van der Waals surface area contributed by atoms with Gasteiger partial charge in [0.1, 0.15) is 0 Å². The van der Waals surface area contributed by atoms with E-state index in [4.69, 9.17) is 9.47 Å². The van der Waals surface area contributed by atoms with E-state index < -0.39 is 0 Å². The molecule has 1 aromatic heterocycles. The summed E-state index contributed by atoms with van der Waals surface area (Å²) in [7, 11) is 1.85. The number of aromatic nitrogens is 2. The summed E-state index contributed by atoms with van der Waals surface area (Å²) in [5.41, 5.74) is 0.245. The van der Waals surface area contributed by atoms with Gasteiger partial charge in [-0.2, -0.15) is 0 Å². The number of fused-ring (bicyclic) bond motifs is 1. The molecule has 2 saturated heterocycles. The Morgan fingerprint density at radius 1 is 1.20 bits per heavy atom. The summed E-state index contributed by atoms with van der Waals surface area (Å²) in [5.74, 6) is 1.60. The molecule has 1 saturated carbocycles. The van der Waals surface area contributed by atoms with Gasteiger partial charge in [0.2, 0.25) is 5.95 Å². The molecule has 3 heterocycles. The van der Waals surface area contributed by atoms with Crippen molar-refractivity contribution in [2.24, 2.45) is 11.3 Å². The Morgan fingerprint density at radius 3 is 2.76 bits per heavy atom. The third-order valence-corrected chi connectivity index (χ3v) is 6.48. The zero-order valence-corrected chi connectivity index (χ0v) is 15.3. The fourth-order valence-corrected chi connectivity index (χ4v) is 5.18. The molecule has 3 aliphatic rings. The van der Waals surface area contributed by atoms with Gasteiger partial charge in [-0.1, -0.05) is 0 Å². The third-order valence-electron chi connectivity index (χ3n) is 6.48. The predicted octanol–water partition coefficient (Wildman–Crippen LogP) is 1.82. The standard InChI is InChI=1S/C19H30N4O2/c1-24-15-19-5-3-17(22-9-11-25-12-10-22)13-16(19)4-8-23(14-19)18-20-6-2-7-21-18/h2,6-7,16-17H,3-5,8-15H2,1H3/t16-,17-,19+/m1/s1. The van der Waals surface area contributed by atoms with Crippen molar-refractivity contribution in [3.8, 4) is 0 Å². The van der Waals surface area contributed by atoms with E-state index >= 15 is 0 Å². The van der Waals surface area contributed by atoms with Crippen LogP contribution in [0.5, 0.6) is 0 Å². The van der Waals surface area contributed by atoms with Crippen LogP contribution in [0.25, 0.3) is 0 Å². The molecule has 1 aliphatic carbocycles. The molecule has 0 bridgehead atoms. The minimum atomic E-state index is 0.245. The van der Waals surface area contributed by atoms with Crippen LogP contribution in [-0.4, -0.2) is 74.0 Å². The van der Waals surface area contributed by atoms with Gasteiger partial charge in [-0.05, 0) is 37.7 Å². The first kappa shape index (κ1) is 17.2. The van der Waals surface area contributed by atoms with E-state index in [0.717, 1.165) is 63.9 Å². The first-order chi connectivity index (χ1) is 12.3. The first-order valence-electron chi connectivity index (χ1n) is 9.63. The average molecular weight is 346 g/mol. The van der Waals surface area contributed by atoms with Crippen LogP contribution >= 0.6 is 0 Å². The molecule has 138 valence electrons. The van der Waals surface area contributed by atoms with Gasteiger partial charge in [-0.3, -0.25) is 4.90 Å². The number of ether oxygens (including phenoxy) is 2. The minimum absolute atomic E-state index is 0.245. The van der Waals surface area contributed by atoms with E-state index in [1.54, 1.807) is 0 Å². The highest BCUT2D eigenvalue weighted by Gasteiger charge is 2.48. The maximum atomic E-state index is 5.71. The SMILES string of the molecule is COC[C@@]12CC[C@@H](N3CCOCC3)C[C@H]1CCN(c1ncccn1)C2. The maximum Gasteiger partial charge on any atom is 0.225 e. The molecule has 0 amide bonds. The summed E-state index contributed by atoms with van der Waals surface area (Å²) in [6.07, 6.45) is 8.69. The van der Waals surface area contributed by atoms with Crippen LogP contribution in [0.3, 0.4) is 0 Å². The van der Waals surface area contributed by atoms with Crippen molar-refractivity contribution < 1.29 is 9.47 Å². The second-order valence-corrected chi connectivity index (χ2v) is 7.83. The highest BCUT2D eigenvalue weighted by molar-refractivity contribution is 5.31. The van der Waals surface area contributed by atoms with E-state index in [1.807, 2.05) is 25.6 Å². The number of morpholine rings is 1. The smallest absolute Gasteiger partial charge is 0.225 e. The van der Waals surface area contributed by atoms with E-state index in [9.17, 15) is 0 Å². The summed E-state index contributed by atoms with van der Waals surface area (Å²) in [6, 6.07) is 2.60. The summed E-state index contributed by atoms with van der Waals surface area (Å²) in [5, 5.41) is 0. The molecule has 4 rings (SSSR count).